The molecule has 4 atom stereocenters. The van der Waals surface area contributed by atoms with Crippen LogP contribution in [0.3, 0.4) is 0 Å². The highest BCUT2D eigenvalue weighted by atomic mass is 32.2. The predicted octanol–water partition coefficient (Wildman–Crippen LogP) is 2.56. The van der Waals surface area contributed by atoms with Crippen molar-refractivity contribution in [3.05, 3.63) is 0 Å². The van der Waals surface area contributed by atoms with Crippen LogP contribution in [0, 0.1) is 5.92 Å². The van der Waals surface area contributed by atoms with Gasteiger partial charge in [0, 0.05) is 17.8 Å². The molecule has 6 heteroatoms. The molecule has 21 heavy (non-hydrogen) atoms. The molecule has 0 aromatic heterocycles. The summed E-state index contributed by atoms with van der Waals surface area (Å²) >= 11 is 1.69. The van der Waals surface area contributed by atoms with Crippen LogP contribution in [0.15, 0.2) is 0 Å². The monoisotopic (exact) mass is 314 g/mol. The van der Waals surface area contributed by atoms with Crippen molar-refractivity contribution in [1.29, 1.82) is 0 Å². The van der Waals surface area contributed by atoms with Gasteiger partial charge in [0.25, 0.3) is 0 Å². The number of carbonyl (C=O) groups excluding carboxylic acids is 1. The molecule has 2 rings (SSSR count). The van der Waals surface area contributed by atoms with Gasteiger partial charge in [-0.05, 0) is 37.9 Å². The predicted molar refractivity (Wildman–Crippen MR) is 84.6 cm³/mol. The fourth-order valence-electron chi connectivity index (χ4n) is 3.57. The number of carboxylic acids is 1. The summed E-state index contributed by atoms with van der Waals surface area (Å²) in [5, 5.41) is 12.7. The van der Waals surface area contributed by atoms with Gasteiger partial charge in [0.05, 0.1) is 0 Å². The number of likely N-dealkylation sites (tertiary alicyclic amines) is 1. The Morgan fingerprint density at radius 3 is 2.67 bits per heavy atom. The van der Waals surface area contributed by atoms with E-state index in [-0.39, 0.29) is 12.1 Å². The van der Waals surface area contributed by atoms with E-state index in [1.807, 2.05) is 6.26 Å². The lowest BCUT2D eigenvalue weighted by Gasteiger charge is -2.47. The number of piperidine rings is 1. The van der Waals surface area contributed by atoms with Gasteiger partial charge in [-0.3, -0.25) is 0 Å². The smallest absolute Gasteiger partial charge is 0.326 e. The van der Waals surface area contributed by atoms with Crippen LogP contribution in [-0.4, -0.2) is 52.1 Å². The maximum atomic E-state index is 12.5. The summed E-state index contributed by atoms with van der Waals surface area (Å²) < 4.78 is 0. The lowest BCUT2D eigenvalue weighted by molar-refractivity contribution is -0.145. The molecule has 2 N–H and O–H groups in total. The molecule has 0 aromatic rings. The fourth-order valence-corrected chi connectivity index (χ4v) is 3.82. The highest BCUT2D eigenvalue weighted by molar-refractivity contribution is 7.99. The van der Waals surface area contributed by atoms with Gasteiger partial charge >= 0.3 is 12.0 Å². The number of carboxylic acid groups (broad SMARTS) is 1. The third-order valence-electron chi connectivity index (χ3n) is 4.84. The van der Waals surface area contributed by atoms with Crippen molar-refractivity contribution < 1.29 is 14.7 Å². The second-order valence-corrected chi connectivity index (χ2v) is 7.46. The van der Waals surface area contributed by atoms with Crippen molar-refractivity contribution in [3.8, 4) is 0 Å². The summed E-state index contributed by atoms with van der Waals surface area (Å²) in [6.07, 6.45) is 7.90. The molecule has 1 saturated heterocycles. The number of urea groups is 1. The molecule has 0 radical (unpaired) electrons. The van der Waals surface area contributed by atoms with E-state index in [9.17, 15) is 14.7 Å². The van der Waals surface area contributed by atoms with Crippen LogP contribution in [0.2, 0.25) is 0 Å². The first-order valence-corrected chi connectivity index (χ1v) is 9.15. The summed E-state index contributed by atoms with van der Waals surface area (Å²) in [6.45, 7) is 2.64. The summed E-state index contributed by atoms with van der Waals surface area (Å²) in [7, 11) is 0. The number of carbonyl (C=O) groups is 2. The molecule has 1 saturated carbocycles. The number of rotatable bonds is 4. The average Bonchev–Trinajstić information content (AvgIpc) is 2.50. The molecule has 0 spiro atoms. The second-order valence-electron chi connectivity index (χ2n) is 6.18. The van der Waals surface area contributed by atoms with Crippen LogP contribution >= 0.6 is 11.8 Å². The fraction of sp³-hybridized carbons (Fsp3) is 0.867. The van der Waals surface area contributed by atoms with E-state index in [1.165, 1.54) is 6.42 Å². The molecule has 0 aromatic carbocycles. The van der Waals surface area contributed by atoms with Gasteiger partial charge in [0.2, 0.25) is 0 Å². The van der Waals surface area contributed by atoms with E-state index in [0.717, 1.165) is 25.7 Å². The maximum absolute atomic E-state index is 12.5. The Morgan fingerprint density at radius 1 is 1.29 bits per heavy atom. The molecule has 1 heterocycles. The SMILES string of the molecule is CSC(C)CNC(=O)N1C(C(=O)O)CCC2CCCCC21. The van der Waals surface area contributed by atoms with Gasteiger partial charge in [-0.15, -0.1) is 0 Å². The number of amides is 2. The number of fused-ring (bicyclic) bond motifs is 1. The molecule has 2 amide bonds. The van der Waals surface area contributed by atoms with Gasteiger partial charge in [-0.1, -0.05) is 19.8 Å². The summed E-state index contributed by atoms with van der Waals surface area (Å²) in [5.41, 5.74) is 0. The Labute approximate surface area is 130 Å². The molecule has 2 fully saturated rings. The number of thioether (sulfide) groups is 1. The molecular weight excluding hydrogens is 288 g/mol. The number of hydrogen-bond acceptors (Lipinski definition) is 3. The Morgan fingerprint density at radius 2 is 2.00 bits per heavy atom. The van der Waals surface area contributed by atoms with E-state index in [4.69, 9.17) is 0 Å². The number of nitrogens with zero attached hydrogens (tertiary/aromatic N) is 1. The normalized spacial score (nSPS) is 30.4. The summed E-state index contributed by atoms with van der Waals surface area (Å²) in [6, 6.07) is -0.743. The van der Waals surface area contributed by atoms with E-state index in [1.54, 1.807) is 16.7 Å². The topological polar surface area (TPSA) is 69.6 Å². The lowest BCUT2D eigenvalue weighted by atomic mass is 9.76. The summed E-state index contributed by atoms with van der Waals surface area (Å²) in [5.74, 6) is -0.384. The first-order valence-electron chi connectivity index (χ1n) is 7.86. The molecule has 4 unspecified atom stereocenters. The van der Waals surface area contributed by atoms with Crippen LogP contribution in [0.4, 0.5) is 4.79 Å². The minimum absolute atomic E-state index is 0.109. The first-order chi connectivity index (χ1) is 10.0. The zero-order chi connectivity index (χ0) is 15.4. The lowest BCUT2D eigenvalue weighted by Crippen LogP contribution is -2.60. The Hall–Kier alpha value is -0.910. The van der Waals surface area contributed by atoms with Gasteiger partial charge in [0.15, 0.2) is 0 Å². The molecule has 2 aliphatic rings. The van der Waals surface area contributed by atoms with Crippen LogP contribution in [0.5, 0.6) is 0 Å². The van der Waals surface area contributed by atoms with Crippen LogP contribution in [-0.2, 0) is 4.79 Å². The summed E-state index contributed by atoms with van der Waals surface area (Å²) in [4.78, 5) is 25.7. The zero-order valence-corrected chi connectivity index (χ0v) is 13.7. The van der Waals surface area contributed by atoms with Crippen molar-refractivity contribution in [1.82, 2.24) is 10.2 Å². The zero-order valence-electron chi connectivity index (χ0n) is 12.9. The number of hydrogen-bond donors (Lipinski definition) is 2. The van der Waals surface area contributed by atoms with Gasteiger partial charge in [-0.2, -0.15) is 11.8 Å². The highest BCUT2D eigenvalue weighted by Crippen LogP contribution is 2.37. The van der Waals surface area contributed by atoms with Crippen molar-refractivity contribution in [2.24, 2.45) is 5.92 Å². The minimum atomic E-state index is -0.868. The number of nitrogens with one attached hydrogen (secondary N) is 1. The molecule has 1 aliphatic carbocycles. The van der Waals surface area contributed by atoms with E-state index < -0.39 is 12.0 Å². The minimum Gasteiger partial charge on any atom is -0.480 e. The van der Waals surface area contributed by atoms with Crippen molar-refractivity contribution in [3.63, 3.8) is 0 Å². The van der Waals surface area contributed by atoms with Gasteiger partial charge in [0.1, 0.15) is 6.04 Å². The maximum Gasteiger partial charge on any atom is 0.326 e. The number of aliphatic carboxylic acids is 1. The largest absolute Gasteiger partial charge is 0.480 e. The molecule has 5 nitrogen and oxygen atoms in total. The highest BCUT2D eigenvalue weighted by Gasteiger charge is 2.43. The van der Waals surface area contributed by atoms with Crippen molar-refractivity contribution in [2.75, 3.05) is 12.8 Å². The third kappa shape index (κ3) is 3.84. The van der Waals surface area contributed by atoms with E-state index >= 15 is 0 Å². The molecule has 0 bridgehead atoms. The Balaban J connectivity index is 2.08. The molecular formula is C15H26N2O3S. The van der Waals surface area contributed by atoms with E-state index in [2.05, 4.69) is 12.2 Å². The third-order valence-corrected chi connectivity index (χ3v) is 5.81. The Bertz CT molecular complexity index is 391. The first kappa shape index (κ1) is 16.5. The second kappa shape index (κ2) is 7.38. The quantitative estimate of drug-likeness (QED) is 0.836. The molecule has 1 aliphatic heterocycles. The average molecular weight is 314 g/mol. The van der Waals surface area contributed by atoms with Crippen LogP contribution in [0.25, 0.3) is 0 Å². The van der Waals surface area contributed by atoms with Crippen molar-refractivity contribution >= 4 is 23.8 Å². The standard InChI is InChI=1S/C15H26N2O3S/c1-10(21-2)9-16-15(20)17-12-6-4-3-5-11(12)7-8-13(17)14(18)19/h10-13H,3-9H2,1-2H3,(H,16,20)(H,18,19). The van der Waals surface area contributed by atoms with E-state index in [0.29, 0.717) is 24.1 Å². The van der Waals surface area contributed by atoms with Crippen LogP contribution in [0.1, 0.15) is 45.4 Å². The Kier molecular flexibility index (Phi) is 5.79. The molecule has 120 valence electrons. The van der Waals surface area contributed by atoms with Gasteiger partial charge < -0.3 is 15.3 Å². The van der Waals surface area contributed by atoms with Crippen molar-refractivity contribution in [2.45, 2.75) is 62.8 Å². The van der Waals surface area contributed by atoms with Crippen LogP contribution < -0.4 is 5.32 Å². The van der Waals surface area contributed by atoms with Gasteiger partial charge in [-0.25, -0.2) is 9.59 Å².